The summed E-state index contributed by atoms with van der Waals surface area (Å²) in [5, 5.41) is 3.63. The van der Waals surface area contributed by atoms with E-state index in [0.717, 1.165) is 16.1 Å². The largest absolute Gasteiger partial charge is 0.309 e. The number of para-hydroxylation sites is 3. The van der Waals surface area contributed by atoms with Crippen LogP contribution in [0.25, 0.3) is 59.4 Å². The summed E-state index contributed by atoms with van der Waals surface area (Å²) in [6, 6.07) is 43.1. The van der Waals surface area contributed by atoms with Gasteiger partial charge in [0.2, 0.25) is 0 Å². The van der Waals surface area contributed by atoms with Gasteiger partial charge < -0.3 is 4.57 Å². The molecule has 3 heteroatoms. The van der Waals surface area contributed by atoms with Crippen molar-refractivity contribution >= 4 is 43.4 Å². The zero-order valence-electron chi connectivity index (χ0n) is 18.3. The first-order chi connectivity index (χ1) is 16.8. The summed E-state index contributed by atoms with van der Waals surface area (Å²) in [6.45, 7) is 0. The highest BCUT2D eigenvalue weighted by Gasteiger charge is 2.11. The van der Waals surface area contributed by atoms with Crippen LogP contribution < -0.4 is 0 Å². The Morgan fingerprint density at radius 3 is 1.68 bits per heavy atom. The van der Waals surface area contributed by atoms with Crippen LogP contribution in [0.2, 0.25) is 0 Å². The molecule has 2 heterocycles. The maximum absolute atomic E-state index is 4.79. The molecule has 5 aromatic carbocycles. The average Bonchev–Trinajstić information content (AvgIpc) is 3.49. The molecule has 0 aliphatic rings. The summed E-state index contributed by atoms with van der Waals surface area (Å²) in [5.41, 5.74) is 8.28. The second-order valence-electron chi connectivity index (χ2n) is 8.48. The first-order valence-corrected chi connectivity index (χ1v) is 12.2. The predicted molar refractivity (Wildman–Crippen MR) is 145 cm³/mol. The van der Waals surface area contributed by atoms with E-state index in [0.29, 0.717) is 0 Å². The smallest absolute Gasteiger partial charge is 0.124 e. The van der Waals surface area contributed by atoms with Gasteiger partial charge in [0.05, 0.1) is 21.3 Å². The van der Waals surface area contributed by atoms with E-state index in [-0.39, 0.29) is 0 Å². The lowest BCUT2D eigenvalue weighted by Gasteiger charge is -2.09. The quantitative estimate of drug-likeness (QED) is 0.262. The van der Waals surface area contributed by atoms with Gasteiger partial charge in [0.25, 0.3) is 0 Å². The fourth-order valence-electron chi connectivity index (χ4n) is 4.80. The molecule has 7 rings (SSSR count). The van der Waals surface area contributed by atoms with Gasteiger partial charge in [0.15, 0.2) is 0 Å². The maximum Gasteiger partial charge on any atom is 0.124 e. The molecule has 2 aromatic heterocycles. The molecule has 0 amide bonds. The second kappa shape index (κ2) is 7.68. The molecule has 0 saturated heterocycles. The molecule has 0 radical (unpaired) electrons. The number of hydrogen-bond donors (Lipinski definition) is 0. The van der Waals surface area contributed by atoms with Gasteiger partial charge in [-0.25, -0.2) is 4.98 Å². The normalized spacial score (nSPS) is 11.5. The maximum atomic E-state index is 4.79. The minimum absolute atomic E-state index is 1.06. The Bertz CT molecular complexity index is 1700. The molecule has 160 valence electrons. The van der Waals surface area contributed by atoms with E-state index in [4.69, 9.17) is 4.98 Å². The van der Waals surface area contributed by atoms with Crippen LogP contribution in [-0.4, -0.2) is 9.55 Å². The fraction of sp³-hybridized carbons (Fsp3) is 0. The van der Waals surface area contributed by atoms with E-state index in [1.807, 2.05) is 6.07 Å². The van der Waals surface area contributed by atoms with Gasteiger partial charge in [-0.2, -0.15) is 0 Å². The zero-order valence-corrected chi connectivity index (χ0v) is 19.2. The van der Waals surface area contributed by atoms with Crippen LogP contribution in [0.15, 0.2) is 121 Å². The molecule has 0 aliphatic carbocycles. The van der Waals surface area contributed by atoms with Crippen LogP contribution in [0.4, 0.5) is 0 Å². The van der Waals surface area contributed by atoms with Gasteiger partial charge in [-0.1, -0.05) is 84.9 Å². The SMILES string of the molecule is c1ccc2sc(-c3ccc(-c4ccc(-n5c6ccccc6c6ccccc65)cc4)cc3)nc2c1. The number of thiazole rings is 1. The Labute approximate surface area is 201 Å². The summed E-state index contributed by atoms with van der Waals surface area (Å²) in [7, 11) is 0. The van der Waals surface area contributed by atoms with Gasteiger partial charge in [0.1, 0.15) is 5.01 Å². The van der Waals surface area contributed by atoms with E-state index in [9.17, 15) is 0 Å². The van der Waals surface area contributed by atoms with Crippen LogP contribution in [0.1, 0.15) is 0 Å². The molecular weight excluding hydrogens is 432 g/mol. The van der Waals surface area contributed by atoms with Crippen LogP contribution in [-0.2, 0) is 0 Å². The van der Waals surface area contributed by atoms with E-state index in [1.54, 1.807) is 11.3 Å². The van der Waals surface area contributed by atoms with Crippen molar-refractivity contribution in [3.63, 3.8) is 0 Å². The van der Waals surface area contributed by atoms with Crippen molar-refractivity contribution in [2.45, 2.75) is 0 Å². The molecule has 0 unspecified atom stereocenters. The third kappa shape index (κ3) is 3.06. The molecule has 0 atom stereocenters. The third-order valence-corrected chi connectivity index (χ3v) is 7.55. The van der Waals surface area contributed by atoms with Crippen molar-refractivity contribution in [1.82, 2.24) is 9.55 Å². The van der Waals surface area contributed by atoms with Gasteiger partial charge in [-0.15, -0.1) is 11.3 Å². The van der Waals surface area contributed by atoms with Gasteiger partial charge in [-0.05, 0) is 47.5 Å². The number of nitrogens with zero attached hydrogens (tertiary/aromatic N) is 2. The van der Waals surface area contributed by atoms with Crippen molar-refractivity contribution in [3.05, 3.63) is 121 Å². The Morgan fingerprint density at radius 1 is 0.500 bits per heavy atom. The summed E-state index contributed by atoms with van der Waals surface area (Å²) in [4.78, 5) is 4.79. The van der Waals surface area contributed by atoms with Gasteiger partial charge >= 0.3 is 0 Å². The monoisotopic (exact) mass is 452 g/mol. The zero-order chi connectivity index (χ0) is 22.5. The molecule has 0 saturated carbocycles. The standard InChI is InChI=1S/C31H20N2S/c1-4-10-28-25(7-1)26-8-2-5-11-29(26)33(28)24-19-17-22(18-20-24)21-13-15-23(16-14-21)31-32-27-9-3-6-12-30(27)34-31/h1-20H. The van der Waals surface area contributed by atoms with Crippen molar-refractivity contribution in [3.8, 4) is 27.4 Å². The Balaban J connectivity index is 1.25. The molecule has 2 nitrogen and oxygen atoms in total. The number of aromatic nitrogens is 2. The van der Waals surface area contributed by atoms with Crippen LogP contribution in [0.3, 0.4) is 0 Å². The number of rotatable bonds is 3. The molecule has 7 aromatic rings. The minimum atomic E-state index is 1.06. The summed E-state index contributed by atoms with van der Waals surface area (Å²) in [5.74, 6) is 0. The molecule has 34 heavy (non-hydrogen) atoms. The Kier molecular flexibility index (Phi) is 4.36. The molecule has 0 spiro atoms. The van der Waals surface area contributed by atoms with Crippen molar-refractivity contribution < 1.29 is 0 Å². The van der Waals surface area contributed by atoms with Crippen molar-refractivity contribution in [2.24, 2.45) is 0 Å². The second-order valence-corrected chi connectivity index (χ2v) is 9.51. The first kappa shape index (κ1) is 19.3. The van der Waals surface area contributed by atoms with Gasteiger partial charge in [-0.3, -0.25) is 0 Å². The Morgan fingerprint density at radius 2 is 1.03 bits per heavy atom. The number of benzene rings is 5. The van der Waals surface area contributed by atoms with E-state index >= 15 is 0 Å². The molecule has 0 bridgehead atoms. The average molecular weight is 453 g/mol. The van der Waals surface area contributed by atoms with Crippen LogP contribution in [0.5, 0.6) is 0 Å². The highest BCUT2D eigenvalue weighted by Crippen LogP contribution is 2.34. The predicted octanol–water partition coefficient (Wildman–Crippen LogP) is 8.73. The fourth-order valence-corrected chi connectivity index (χ4v) is 5.78. The van der Waals surface area contributed by atoms with Crippen LogP contribution in [0, 0.1) is 0 Å². The number of fused-ring (bicyclic) bond motifs is 4. The summed E-state index contributed by atoms with van der Waals surface area (Å²) >= 11 is 1.74. The first-order valence-electron chi connectivity index (χ1n) is 11.4. The molecular formula is C31H20N2S. The number of hydrogen-bond acceptors (Lipinski definition) is 2. The summed E-state index contributed by atoms with van der Waals surface area (Å²) in [6.07, 6.45) is 0. The Hall–Kier alpha value is -4.21. The molecule has 0 N–H and O–H groups in total. The van der Waals surface area contributed by atoms with Gasteiger partial charge in [0, 0.05) is 22.0 Å². The van der Waals surface area contributed by atoms with Crippen molar-refractivity contribution in [2.75, 3.05) is 0 Å². The van der Waals surface area contributed by atoms with E-state index in [1.165, 1.54) is 43.3 Å². The molecule has 0 fully saturated rings. The topological polar surface area (TPSA) is 17.8 Å². The van der Waals surface area contributed by atoms with Crippen LogP contribution >= 0.6 is 11.3 Å². The minimum Gasteiger partial charge on any atom is -0.309 e. The van der Waals surface area contributed by atoms with Crippen molar-refractivity contribution in [1.29, 1.82) is 0 Å². The summed E-state index contributed by atoms with van der Waals surface area (Å²) < 4.78 is 3.58. The lowest BCUT2D eigenvalue weighted by molar-refractivity contribution is 1.18. The third-order valence-electron chi connectivity index (χ3n) is 6.46. The van der Waals surface area contributed by atoms with E-state index < -0.39 is 0 Å². The highest BCUT2D eigenvalue weighted by atomic mass is 32.1. The highest BCUT2D eigenvalue weighted by molar-refractivity contribution is 7.21. The lowest BCUT2D eigenvalue weighted by atomic mass is 10.0. The lowest BCUT2D eigenvalue weighted by Crippen LogP contribution is -1.93. The van der Waals surface area contributed by atoms with E-state index in [2.05, 4.69) is 120 Å². The molecule has 0 aliphatic heterocycles.